The fourth-order valence-electron chi connectivity index (χ4n) is 2.79. The quantitative estimate of drug-likeness (QED) is 0.547. The number of hydrogen-bond acceptors (Lipinski definition) is 5. The number of amides is 4. The molecule has 0 radical (unpaired) electrons. The number of imide groups is 1. The third-order valence-electron chi connectivity index (χ3n) is 4.78. The Morgan fingerprint density at radius 3 is 2.34 bits per heavy atom. The molecule has 0 aliphatic rings. The molecule has 1 atom stereocenters. The molecule has 32 heavy (non-hydrogen) atoms. The monoisotopic (exact) mass is 459 g/mol. The first kappa shape index (κ1) is 24.9. The van der Waals surface area contributed by atoms with Crippen molar-refractivity contribution in [3.8, 4) is 0 Å². The van der Waals surface area contributed by atoms with Gasteiger partial charge in [0.25, 0.3) is 11.8 Å². The van der Waals surface area contributed by atoms with Crippen molar-refractivity contribution in [2.24, 2.45) is 5.92 Å². The second kappa shape index (κ2) is 11.3. The van der Waals surface area contributed by atoms with Gasteiger partial charge in [-0.3, -0.25) is 14.9 Å². The molecule has 0 aliphatic carbocycles. The Morgan fingerprint density at radius 2 is 1.69 bits per heavy atom. The van der Waals surface area contributed by atoms with Crippen molar-refractivity contribution in [1.82, 2.24) is 10.6 Å². The molecule has 170 valence electrons. The number of benzene rings is 2. The summed E-state index contributed by atoms with van der Waals surface area (Å²) >= 11 is 6.02. The number of rotatable bonds is 7. The van der Waals surface area contributed by atoms with Crippen LogP contribution in [0.5, 0.6) is 0 Å². The highest BCUT2D eigenvalue weighted by Crippen LogP contribution is 2.18. The average Bonchev–Trinajstić information content (AvgIpc) is 2.73. The summed E-state index contributed by atoms with van der Waals surface area (Å²) in [5, 5.41) is 7.50. The van der Waals surface area contributed by atoms with Gasteiger partial charge in [0.2, 0.25) is 0 Å². The molecule has 0 spiro atoms. The van der Waals surface area contributed by atoms with Gasteiger partial charge in [-0.15, -0.1) is 0 Å². The molecule has 3 N–H and O–H groups in total. The van der Waals surface area contributed by atoms with E-state index >= 15 is 0 Å². The summed E-state index contributed by atoms with van der Waals surface area (Å²) in [6.45, 7) is 6.51. The van der Waals surface area contributed by atoms with Crippen LogP contribution in [0.25, 0.3) is 0 Å². The van der Waals surface area contributed by atoms with E-state index in [-0.39, 0.29) is 16.5 Å². The minimum Gasteiger partial charge on any atom is -0.454 e. The highest BCUT2D eigenvalue weighted by molar-refractivity contribution is 6.33. The van der Waals surface area contributed by atoms with Gasteiger partial charge in [0.05, 0.1) is 10.6 Å². The van der Waals surface area contributed by atoms with Gasteiger partial charge in [-0.05, 0) is 49.1 Å². The Bertz CT molecular complexity index is 1020. The van der Waals surface area contributed by atoms with E-state index in [4.69, 9.17) is 16.3 Å². The van der Waals surface area contributed by atoms with Crippen molar-refractivity contribution in [1.29, 1.82) is 0 Å². The smallest absolute Gasteiger partial charge is 0.329 e. The van der Waals surface area contributed by atoms with Crippen LogP contribution < -0.4 is 16.0 Å². The first-order valence-electron chi connectivity index (χ1n) is 9.99. The van der Waals surface area contributed by atoms with Crippen molar-refractivity contribution in [3.05, 3.63) is 64.2 Å². The molecule has 0 saturated heterocycles. The summed E-state index contributed by atoms with van der Waals surface area (Å²) in [6, 6.07) is 10.1. The van der Waals surface area contributed by atoms with Crippen molar-refractivity contribution in [2.75, 3.05) is 11.9 Å². The van der Waals surface area contributed by atoms with Crippen LogP contribution in [0.1, 0.15) is 35.3 Å². The maximum atomic E-state index is 12.5. The minimum atomic E-state index is -1.00. The van der Waals surface area contributed by atoms with Gasteiger partial charge < -0.3 is 15.4 Å². The van der Waals surface area contributed by atoms with E-state index in [2.05, 4.69) is 16.0 Å². The van der Waals surface area contributed by atoms with E-state index in [0.29, 0.717) is 5.69 Å². The molecule has 2 aromatic rings. The second-order valence-corrected chi connectivity index (χ2v) is 7.94. The molecular formula is C23H26ClN3O5. The third-order valence-corrected chi connectivity index (χ3v) is 5.11. The summed E-state index contributed by atoms with van der Waals surface area (Å²) in [6.07, 6.45) is 0. The van der Waals surface area contributed by atoms with Gasteiger partial charge in [0, 0.05) is 5.69 Å². The van der Waals surface area contributed by atoms with E-state index < -0.39 is 36.5 Å². The lowest BCUT2D eigenvalue weighted by molar-refractivity contribution is -0.151. The molecule has 0 bridgehead atoms. The predicted molar refractivity (Wildman–Crippen MR) is 122 cm³/mol. The van der Waals surface area contributed by atoms with E-state index in [9.17, 15) is 19.2 Å². The van der Waals surface area contributed by atoms with Gasteiger partial charge in [-0.2, -0.15) is 0 Å². The van der Waals surface area contributed by atoms with Crippen molar-refractivity contribution < 1.29 is 23.9 Å². The maximum Gasteiger partial charge on any atom is 0.329 e. The first-order chi connectivity index (χ1) is 15.1. The lowest BCUT2D eigenvalue weighted by atomic mass is 10.0. The maximum absolute atomic E-state index is 12.5. The molecule has 2 rings (SSSR count). The molecule has 0 aliphatic heterocycles. The number of ether oxygens (including phenoxy) is 1. The standard InChI is InChI=1S/C23H26ClN3O5/c1-13(2)20(27-21(29)16-9-5-6-10-17(16)24)22(30)32-12-19(28)26-23(31)25-18-11-7-8-14(3)15(18)4/h5-11,13,20H,12H2,1-4H3,(H,27,29)(H2,25,26,28,31)/t20-/m0/s1. The Labute approximate surface area is 191 Å². The molecule has 8 nitrogen and oxygen atoms in total. The highest BCUT2D eigenvalue weighted by Gasteiger charge is 2.27. The number of aryl methyl sites for hydroxylation is 1. The predicted octanol–water partition coefficient (Wildman–Crippen LogP) is 3.60. The summed E-state index contributed by atoms with van der Waals surface area (Å²) in [5.41, 5.74) is 2.64. The molecule has 0 aromatic heterocycles. The Hall–Kier alpha value is -3.39. The number of hydrogen-bond donors (Lipinski definition) is 3. The van der Waals surface area contributed by atoms with Crippen LogP contribution in [-0.4, -0.2) is 36.5 Å². The molecule has 4 amide bonds. The van der Waals surface area contributed by atoms with Crippen LogP contribution in [-0.2, 0) is 14.3 Å². The van der Waals surface area contributed by atoms with Crippen molar-refractivity contribution in [2.45, 2.75) is 33.7 Å². The third kappa shape index (κ3) is 6.81. The second-order valence-electron chi connectivity index (χ2n) is 7.53. The number of nitrogens with one attached hydrogen (secondary N) is 3. The highest BCUT2D eigenvalue weighted by atomic mass is 35.5. The summed E-state index contributed by atoms with van der Waals surface area (Å²) in [4.78, 5) is 49.0. The topological polar surface area (TPSA) is 114 Å². The molecule has 0 heterocycles. The van der Waals surface area contributed by atoms with Gasteiger partial charge in [0.1, 0.15) is 6.04 Å². The molecule has 2 aromatic carbocycles. The van der Waals surface area contributed by atoms with E-state index in [1.807, 2.05) is 19.9 Å². The number of urea groups is 1. The summed E-state index contributed by atoms with van der Waals surface area (Å²) in [5.74, 6) is -2.46. The van der Waals surface area contributed by atoms with Crippen LogP contribution in [0.15, 0.2) is 42.5 Å². The lowest BCUT2D eigenvalue weighted by Crippen LogP contribution is -2.46. The lowest BCUT2D eigenvalue weighted by Gasteiger charge is -2.21. The van der Waals surface area contributed by atoms with Crippen molar-refractivity contribution in [3.63, 3.8) is 0 Å². The van der Waals surface area contributed by atoms with Crippen LogP contribution in [0.3, 0.4) is 0 Å². The van der Waals surface area contributed by atoms with Gasteiger partial charge in [-0.25, -0.2) is 9.59 Å². The summed E-state index contributed by atoms with van der Waals surface area (Å²) in [7, 11) is 0. The van der Waals surface area contributed by atoms with Crippen molar-refractivity contribution >= 4 is 41.1 Å². The normalized spacial score (nSPS) is 11.4. The van der Waals surface area contributed by atoms with E-state index in [0.717, 1.165) is 11.1 Å². The molecule has 0 fully saturated rings. The van der Waals surface area contributed by atoms with Gasteiger partial charge in [-0.1, -0.05) is 49.7 Å². The van der Waals surface area contributed by atoms with Crippen LogP contribution >= 0.6 is 11.6 Å². The number of halogens is 1. The Kier molecular flexibility index (Phi) is 8.78. The molecule has 0 saturated carbocycles. The molecule has 0 unspecified atom stereocenters. The Morgan fingerprint density at radius 1 is 1.00 bits per heavy atom. The number of esters is 1. The van der Waals surface area contributed by atoms with Crippen LogP contribution in [0.4, 0.5) is 10.5 Å². The van der Waals surface area contributed by atoms with E-state index in [1.54, 1.807) is 44.2 Å². The van der Waals surface area contributed by atoms with E-state index in [1.165, 1.54) is 6.07 Å². The first-order valence-corrected chi connectivity index (χ1v) is 10.4. The van der Waals surface area contributed by atoms with Crippen LogP contribution in [0.2, 0.25) is 5.02 Å². The largest absolute Gasteiger partial charge is 0.454 e. The zero-order valence-corrected chi connectivity index (χ0v) is 19.1. The molecule has 9 heteroatoms. The minimum absolute atomic E-state index is 0.216. The average molecular weight is 460 g/mol. The summed E-state index contributed by atoms with van der Waals surface area (Å²) < 4.78 is 5.01. The fourth-order valence-corrected chi connectivity index (χ4v) is 3.01. The fraction of sp³-hybridized carbons (Fsp3) is 0.304. The molecular weight excluding hydrogens is 434 g/mol. The number of anilines is 1. The number of carbonyl (C=O) groups excluding carboxylic acids is 4. The van der Waals surface area contributed by atoms with Gasteiger partial charge in [0.15, 0.2) is 6.61 Å². The van der Waals surface area contributed by atoms with Crippen LogP contribution in [0, 0.1) is 19.8 Å². The van der Waals surface area contributed by atoms with Gasteiger partial charge >= 0.3 is 12.0 Å². The Balaban J connectivity index is 1.90. The zero-order valence-electron chi connectivity index (χ0n) is 18.3. The SMILES string of the molecule is Cc1cccc(NC(=O)NC(=O)COC(=O)[C@@H](NC(=O)c2ccccc2Cl)C(C)C)c1C. The number of carbonyl (C=O) groups is 4. The zero-order chi connectivity index (χ0) is 23.8.